The molecule has 1 atom stereocenters. The fraction of sp³-hybridized carbons (Fsp3) is 0.300. The lowest BCUT2D eigenvalue weighted by Crippen LogP contribution is -2.53. The van der Waals surface area contributed by atoms with Crippen LogP contribution in [-0.2, 0) is 14.3 Å². The first kappa shape index (κ1) is 24.9. The van der Waals surface area contributed by atoms with Crippen molar-refractivity contribution in [3.8, 4) is 0 Å². The van der Waals surface area contributed by atoms with E-state index in [4.69, 9.17) is 4.74 Å². The van der Waals surface area contributed by atoms with E-state index in [0.717, 1.165) is 13.1 Å². The van der Waals surface area contributed by atoms with E-state index in [1.54, 1.807) is 31.2 Å². The quantitative estimate of drug-likeness (QED) is 0.364. The second kappa shape index (κ2) is 11.1. The van der Waals surface area contributed by atoms with Crippen molar-refractivity contribution in [3.63, 3.8) is 0 Å². The third-order valence-electron chi connectivity index (χ3n) is 7.14. The number of amides is 2. The minimum atomic E-state index is -0.466. The maximum Gasteiger partial charge on any atom is 0.338 e. The molecule has 190 valence electrons. The minimum Gasteiger partial charge on any atom is -0.462 e. The van der Waals surface area contributed by atoms with E-state index in [2.05, 4.69) is 58.3 Å². The van der Waals surface area contributed by atoms with Crippen molar-refractivity contribution in [2.24, 2.45) is 0 Å². The number of benzene rings is 3. The van der Waals surface area contributed by atoms with Gasteiger partial charge in [0.1, 0.15) is 0 Å². The Kier molecular flexibility index (Phi) is 7.44. The van der Waals surface area contributed by atoms with Crippen LogP contribution in [0, 0.1) is 0 Å². The van der Waals surface area contributed by atoms with Gasteiger partial charge in [-0.1, -0.05) is 60.7 Å². The smallest absolute Gasteiger partial charge is 0.338 e. The van der Waals surface area contributed by atoms with E-state index in [-0.39, 0.29) is 30.9 Å². The number of imide groups is 1. The van der Waals surface area contributed by atoms with Crippen LogP contribution < -0.4 is 4.90 Å². The number of rotatable bonds is 7. The number of esters is 1. The molecule has 5 rings (SSSR count). The number of carbonyl (C=O) groups excluding carboxylic acids is 3. The molecule has 0 aliphatic carbocycles. The van der Waals surface area contributed by atoms with E-state index in [1.165, 1.54) is 16.0 Å². The zero-order chi connectivity index (χ0) is 25.8. The van der Waals surface area contributed by atoms with Crippen LogP contribution in [0.3, 0.4) is 0 Å². The summed E-state index contributed by atoms with van der Waals surface area (Å²) in [5.74, 6) is -0.842. The van der Waals surface area contributed by atoms with Gasteiger partial charge < -0.3 is 4.74 Å². The molecule has 2 saturated heterocycles. The molecule has 0 saturated carbocycles. The van der Waals surface area contributed by atoms with Crippen LogP contribution in [0.25, 0.3) is 0 Å². The van der Waals surface area contributed by atoms with E-state index in [0.29, 0.717) is 24.3 Å². The van der Waals surface area contributed by atoms with Crippen LogP contribution in [0.2, 0.25) is 0 Å². The van der Waals surface area contributed by atoms with Crippen LogP contribution in [-0.4, -0.2) is 66.4 Å². The third kappa shape index (κ3) is 5.19. The van der Waals surface area contributed by atoms with Gasteiger partial charge in [-0.05, 0) is 42.3 Å². The summed E-state index contributed by atoms with van der Waals surface area (Å²) in [7, 11) is 0. The molecule has 37 heavy (non-hydrogen) atoms. The van der Waals surface area contributed by atoms with Gasteiger partial charge in [0, 0.05) is 26.2 Å². The highest BCUT2D eigenvalue weighted by Gasteiger charge is 2.43. The molecule has 2 fully saturated rings. The number of ether oxygens (including phenoxy) is 1. The summed E-state index contributed by atoms with van der Waals surface area (Å²) in [4.78, 5) is 44.0. The molecule has 3 aromatic rings. The molecule has 7 heteroatoms. The summed E-state index contributed by atoms with van der Waals surface area (Å²) < 4.78 is 5.02. The van der Waals surface area contributed by atoms with Crippen molar-refractivity contribution in [2.75, 3.05) is 37.7 Å². The number of hydrogen-bond donors (Lipinski definition) is 0. The zero-order valence-electron chi connectivity index (χ0n) is 21.0. The van der Waals surface area contributed by atoms with E-state index in [1.807, 2.05) is 12.1 Å². The lowest BCUT2D eigenvalue weighted by molar-refractivity contribution is -0.123. The number of hydrogen-bond acceptors (Lipinski definition) is 6. The van der Waals surface area contributed by atoms with E-state index in [9.17, 15) is 14.4 Å². The summed E-state index contributed by atoms with van der Waals surface area (Å²) in [6, 6.07) is 27.1. The lowest BCUT2D eigenvalue weighted by atomic mass is 9.96. The zero-order valence-corrected chi connectivity index (χ0v) is 21.0. The highest BCUT2D eigenvalue weighted by Crippen LogP contribution is 2.31. The average molecular weight is 498 g/mol. The molecule has 2 aliphatic heterocycles. The number of carbonyl (C=O) groups is 3. The molecule has 3 aromatic carbocycles. The first-order chi connectivity index (χ1) is 18.1. The van der Waals surface area contributed by atoms with Gasteiger partial charge in [0.25, 0.3) is 5.91 Å². The molecule has 0 N–H and O–H groups in total. The van der Waals surface area contributed by atoms with Crippen molar-refractivity contribution in [2.45, 2.75) is 25.4 Å². The summed E-state index contributed by atoms with van der Waals surface area (Å²) in [5.41, 5.74) is 3.36. The lowest BCUT2D eigenvalue weighted by Gasteiger charge is -2.41. The monoisotopic (exact) mass is 497 g/mol. The Morgan fingerprint density at radius 2 is 1.41 bits per heavy atom. The van der Waals surface area contributed by atoms with Crippen LogP contribution in [0.4, 0.5) is 5.69 Å². The predicted molar refractivity (Wildman–Crippen MR) is 141 cm³/mol. The number of piperazine rings is 1. The van der Waals surface area contributed by atoms with Gasteiger partial charge in [0.15, 0.2) is 0 Å². The maximum atomic E-state index is 13.4. The second-order valence-corrected chi connectivity index (χ2v) is 9.35. The van der Waals surface area contributed by atoms with Crippen LogP contribution in [0.15, 0.2) is 84.9 Å². The van der Waals surface area contributed by atoms with Crippen molar-refractivity contribution in [3.05, 3.63) is 102 Å². The molecule has 2 amide bonds. The van der Waals surface area contributed by atoms with Crippen molar-refractivity contribution >= 4 is 23.5 Å². The van der Waals surface area contributed by atoms with E-state index < -0.39 is 12.0 Å². The normalized spacial score (nSPS) is 19.0. The van der Waals surface area contributed by atoms with Crippen molar-refractivity contribution < 1.29 is 19.1 Å². The Balaban J connectivity index is 1.27. The predicted octanol–water partition coefficient (Wildman–Crippen LogP) is 3.90. The van der Waals surface area contributed by atoms with Gasteiger partial charge >= 0.3 is 5.97 Å². The van der Waals surface area contributed by atoms with Gasteiger partial charge in [-0.15, -0.1) is 0 Å². The molecule has 0 unspecified atom stereocenters. The Morgan fingerprint density at radius 3 is 1.95 bits per heavy atom. The Bertz CT molecular complexity index is 1200. The molecule has 0 bridgehead atoms. The summed E-state index contributed by atoms with van der Waals surface area (Å²) in [6.07, 6.45) is 0.166. The molecule has 7 nitrogen and oxygen atoms in total. The Morgan fingerprint density at radius 1 is 0.838 bits per heavy atom. The first-order valence-corrected chi connectivity index (χ1v) is 12.8. The van der Waals surface area contributed by atoms with Crippen molar-refractivity contribution in [1.82, 2.24) is 9.80 Å². The number of anilines is 1. The third-order valence-corrected chi connectivity index (χ3v) is 7.14. The molecule has 0 radical (unpaired) electrons. The van der Waals surface area contributed by atoms with E-state index >= 15 is 0 Å². The topological polar surface area (TPSA) is 70.2 Å². The van der Waals surface area contributed by atoms with Crippen LogP contribution in [0.5, 0.6) is 0 Å². The number of nitrogens with zero attached hydrogens (tertiary/aromatic N) is 3. The molecular formula is C30H31N3O4. The molecule has 2 aliphatic rings. The second-order valence-electron chi connectivity index (χ2n) is 9.35. The Labute approximate surface area is 217 Å². The maximum absolute atomic E-state index is 13.4. The van der Waals surface area contributed by atoms with Gasteiger partial charge in [-0.3, -0.25) is 19.4 Å². The van der Waals surface area contributed by atoms with Gasteiger partial charge in [0.05, 0.1) is 36.4 Å². The minimum absolute atomic E-state index is 0.139. The first-order valence-electron chi connectivity index (χ1n) is 12.8. The Hall–Kier alpha value is -3.81. The van der Waals surface area contributed by atoms with Gasteiger partial charge in [-0.25, -0.2) is 9.69 Å². The summed E-state index contributed by atoms with van der Waals surface area (Å²) in [5, 5.41) is 0. The highest BCUT2D eigenvalue weighted by molar-refractivity contribution is 6.22. The van der Waals surface area contributed by atoms with Gasteiger partial charge in [0.2, 0.25) is 5.91 Å². The highest BCUT2D eigenvalue weighted by atomic mass is 16.5. The van der Waals surface area contributed by atoms with Crippen LogP contribution in [0.1, 0.15) is 40.9 Å². The fourth-order valence-electron chi connectivity index (χ4n) is 5.33. The molecule has 0 aromatic heterocycles. The van der Waals surface area contributed by atoms with Crippen LogP contribution >= 0.6 is 0 Å². The molecule has 0 spiro atoms. The molecular weight excluding hydrogens is 466 g/mol. The fourth-order valence-corrected chi connectivity index (χ4v) is 5.33. The molecule has 2 heterocycles. The van der Waals surface area contributed by atoms with Crippen molar-refractivity contribution in [1.29, 1.82) is 0 Å². The standard InChI is InChI=1S/C30H31N3O4/c1-2-37-30(36)24-13-15-25(16-14-24)33-27(34)21-26(29(33)35)31-17-19-32(20-18-31)28(22-9-5-3-6-10-22)23-11-7-4-8-12-23/h3-16,26,28H,2,17-21H2,1H3/t26-/m1/s1. The SMILES string of the molecule is CCOC(=O)c1ccc(N2C(=O)C[C@@H](N3CCN(C(c4ccccc4)c4ccccc4)CC3)C2=O)cc1. The average Bonchev–Trinajstić information content (AvgIpc) is 3.24. The summed E-state index contributed by atoms with van der Waals surface area (Å²) in [6.45, 7) is 5.03. The largest absolute Gasteiger partial charge is 0.462 e. The summed E-state index contributed by atoms with van der Waals surface area (Å²) >= 11 is 0. The van der Waals surface area contributed by atoms with Gasteiger partial charge in [-0.2, -0.15) is 0 Å².